The maximum absolute atomic E-state index is 12.6. The number of nitrogens with zero attached hydrogens (tertiary/aromatic N) is 2. The van der Waals surface area contributed by atoms with E-state index in [-0.39, 0.29) is 16.5 Å². The minimum absolute atomic E-state index is 0.226. The van der Waals surface area contributed by atoms with Crippen LogP contribution in [0, 0.1) is 6.92 Å². The highest BCUT2D eigenvalue weighted by molar-refractivity contribution is 6.34. The molecule has 0 fully saturated rings. The van der Waals surface area contributed by atoms with Gasteiger partial charge in [-0.25, -0.2) is 4.68 Å². The Labute approximate surface area is 155 Å². The highest BCUT2D eigenvalue weighted by Gasteiger charge is 2.15. The van der Waals surface area contributed by atoms with Crippen LogP contribution < -0.4 is 10.6 Å². The van der Waals surface area contributed by atoms with Gasteiger partial charge in [0, 0.05) is 24.4 Å². The van der Waals surface area contributed by atoms with Gasteiger partial charge < -0.3 is 10.6 Å². The van der Waals surface area contributed by atoms with Crippen molar-refractivity contribution in [2.24, 2.45) is 0 Å². The largest absolute Gasteiger partial charge is 0.326 e. The minimum Gasteiger partial charge on any atom is -0.326 e. The molecule has 0 atom stereocenters. The molecule has 0 aliphatic carbocycles. The van der Waals surface area contributed by atoms with Crippen molar-refractivity contribution in [3.63, 3.8) is 0 Å². The van der Waals surface area contributed by atoms with Gasteiger partial charge in [-0.2, -0.15) is 0 Å². The lowest BCUT2D eigenvalue weighted by molar-refractivity contribution is -0.114. The summed E-state index contributed by atoms with van der Waals surface area (Å²) in [6.45, 7) is 3.26. The van der Waals surface area contributed by atoms with E-state index >= 15 is 0 Å². The molecule has 7 heteroatoms. The number of carbonyl (C=O) groups is 2. The fraction of sp³-hybridized carbons (Fsp3) is 0.105. The SMILES string of the molecule is CC(=O)Nc1ccc(Cl)c(C(=O)Nc2nn(-c3ccccc3)cc2C)c1. The Morgan fingerprint density at radius 3 is 2.50 bits per heavy atom. The molecule has 0 radical (unpaired) electrons. The molecule has 2 aromatic carbocycles. The van der Waals surface area contributed by atoms with Gasteiger partial charge in [-0.1, -0.05) is 29.8 Å². The van der Waals surface area contributed by atoms with Crippen LogP contribution in [-0.4, -0.2) is 21.6 Å². The van der Waals surface area contributed by atoms with Crippen molar-refractivity contribution in [3.05, 3.63) is 70.9 Å². The Balaban J connectivity index is 1.85. The Kier molecular flexibility index (Phi) is 5.04. The number of nitrogens with one attached hydrogen (secondary N) is 2. The molecule has 3 rings (SSSR count). The second-order valence-electron chi connectivity index (χ2n) is 5.77. The lowest BCUT2D eigenvalue weighted by Crippen LogP contribution is -2.15. The standard InChI is InChI=1S/C19H17ClN4O2/c1-12-11-24(15-6-4-3-5-7-15)23-18(12)22-19(26)16-10-14(21-13(2)25)8-9-17(16)20/h3-11H,1-2H3,(H,21,25)(H,22,23,26). The average molecular weight is 369 g/mol. The van der Waals surface area contributed by atoms with Crippen molar-refractivity contribution in [2.75, 3.05) is 10.6 Å². The maximum Gasteiger partial charge on any atom is 0.258 e. The Morgan fingerprint density at radius 1 is 1.08 bits per heavy atom. The lowest BCUT2D eigenvalue weighted by Gasteiger charge is -2.08. The van der Waals surface area contributed by atoms with Crippen LogP contribution in [0.4, 0.5) is 11.5 Å². The summed E-state index contributed by atoms with van der Waals surface area (Å²) in [5.74, 6) is -0.181. The number of halogens is 1. The highest BCUT2D eigenvalue weighted by Crippen LogP contribution is 2.23. The maximum atomic E-state index is 12.6. The lowest BCUT2D eigenvalue weighted by atomic mass is 10.2. The van der Waals surface area contributed by atoms with Crippen LogP contribution in [-0.2, 0) is 4.79 Å². The quantitative estimate of drug-likeness (QED) is 0.729. The zero-order chi connectivity index (χ0) is 18.7. The van der Waals surface area contributed by atoms with Gasteiger partial charge in [-0.15, -0.1) is 5.10 Å². The van der Waals surface area contributed by atoms with Crippen LogP contribution in [0.1, 0.15) is 22.8 Å². The smallest absolute Gasteiger partial charge is 0.258 e. The monoisotopic (exact) mass is 368 g/mol. The van der Waals surface area contributed by atoms with Crippen molar-refractivity contribution in [1.82, 2.24) is 9.78 Å². The molecule has 0 spiro atoms. The van der Waals surface area contributed by atoms with Crippen LogP contribution >= 0.6 is 11.6 Å². The number of carbonyl (C=O) groups excluding carboxylic acids is 2. The first-order valence-electron chi connectivity index (χ1n) is 7.94. The van der Waals surface area contributed by atoms with Crippen LogP contribution in [0.2, 0.25) is 5.02 Å². The second-order valence-corrected chi connectivity index (χ2v) is 6.18. The Morgan fingerprint density at radius 2 is 1.81 bits per heavy atom. The molecule has 0 aliphatic heterocycles. The average Bonchev–Trinajstić information content (AvgIpc) is 2.97. The Hall–Kier alpha value is -3.12. The van der Waals surface area contributed by atoms with E-state index < -0.39 is 5.91 Å². The normalized spacial score (nSPS) is 10.4. The summed E-state index contributed by atoms with van der Waals surface area (Å²) in [6.07, 6.45) is 1.83. The van der Waals surface area contributed by atoms with Gasteiger partial charge in [0.2, 0.25) is 5.91 Å². The number of para-hydroxylation sites is 1. The van der Waals surface area contributed by atoms with E-state index in [2.05, 4.69) is 15.7 Å². The molecule has 26 heavy (non-hydrogen) atoms. The summed E-state index contributed by atoms with van der Waals surface area (Å²) in [5, 5.41) is 10.1. The number of rotatable bonds is 4. The first-order valence-corrected chi connectivity index (χ1v) is 8.32. The molecule has 132 valence electrons. The topological polar surface area (TPSA) is 76.0 Å². The zero-order valence-corrected chi connectivity index (χ0v) is 15.0. The van der Waals surface area contributed by atoms with E-state index in [1.807, 2.05) is 43.5 Å². The van der Waals surface area contributed by atoms with Gasteiger partial charge in [0.15, 0.2) is 5.82 Å². The summed E-state index contributed by atoms with van der Waals surface area (Å²) >= 11 is 6.14. The summed E-state index contributed by atoms with van der Waals surface area (Å²) in [6, 6.07) is 14.3. The molecule has 2 amide bonds. The number of aryl methyl sites for hydroxylation is 1. The molecule has 0 bridgehead atoms. The molecule has 0 aliphatic rings. The van der Waals surface area contributed by atoms with Crippen molar-refractivity contribution in [1.29, 1.82) is 0 Å². The van der Waals surface area contributed by atoms with E-state index in [0.717, 1.165) is 11.3 Å². The van der Waals surface area contributed by atoms with Crippen LogP contribution in [0.3, 0.4) is 0 Å². The molecule has 0 unspecified atom stereocenters. The second kappa shape index (κ2) is 7.41. The predicted molar refractivity (Wildman–Crippen MR) is 102 cm³/mol. The molecule has 2 N–H and O–H groups in total. The number of hydrogen-bond acceptors (Lipinski definition) is 3. The number of anilines is 2. The first-order chi connectivity index (χ1) is 12.4. The van der Waals surface area contributed by atoms with Gasteiger partial charge in [-0.05, 0) is 37.3 Å². The zero-order valence-electron chi connectivity index (χ0n) is 14.3. The molecule has 6 nitrogen and oxygen atoms in total. The van der Waals surface area contributed by atoms with Gasteiger partial charge in [0.05, 0.1) is 16.3 Å². The predicted octanol–water partition coefficient (Wildman–Crippen LogP) is 4.04. The number of hydrogen-bond donors (Lipinski definition) is 2. The number of aromatic nitrogens is 2. The van der Waals surface area contributed by atoms with Crippen LogP contribution in [0.15, 0.2) is 54.7 Å². The van der Waals surface area contributed by atoms with Crippen molar-refractivity contribution >= 4 is 34.9 Å². The van der Waals surface area contributed by atoms with Crippen LogP contribution in [0.5, 0.6) is 0 Å². The third-order valence-electron chi connectivity index (χ3n) is 3.68. The fourth-order valence-electron chi connectivity index (χ4n) is 2.45. The molecule has 3 aromatic rings. The van der Waals surface area contributed by atoms with E-state index in [1.165, 1.54) is 13.0 Å². The van der Waals surface area contributed by atoms with E-state index in [4.69, 9.17) is 11.6 Å². The molecule has 0 saturated heterocycles. The van der Waals surface area contributed by atoms with E-state index in [1.54, 1.807) is 16.8 Å². The van der Waals surface area contributed by atoms with E-state index in [9.17, 15) is 9.59 Å². The minimum atomic E-state index is -0.399. The molecule has 1 aromatic heterocycles. The summed E-state index contributed by atoms with van der Waals surface area (Å²) < 4.78 is 1.69. The fourth-order valence-corrected chi connectivity index (χ4v) is 2.66. The summed E-state index contributed by atoms with van der Waals surface area (Å²) in [4.78, 5) is 23.8. The first kappa shape index (κ1) is 17.7. The highest BCUT2D eigenvalue weighted by atomic mass is 35.5. The third kappa shape index (κ3) is 3.92. The van der Waals surface area contributed by atoms with Gasteiger partial charge in [0.25, 0.3) is 5.91 Å². The van der Waals surface area contributed by atoms with Gasteiger partial charge >= 0.3 is 0 Å². The van der Waals surface area contributed by atoms with Gasteiger partial charge in [0.1, 0.15) is 0 Å². The van der Waals surface area contributed by atoms with E-state index in [0.29, 0.717) is 11.5 Å². The van der Waals surface area contributed by atoms with Crippen molar-refractivity contribution in [3.8, 4) is 5.69 Å². The molecule has 0 saturated carbocycles. The molecule has 1 heterocycles. The number of benzene rings is 2. The van der Waals surface area contributed by atoms with Crippen molar-refractivity contribution < 1.29 is 9.59 Å². The third-order valence-corrected chi connectivity index (χ3v) is 4.01. The summed E-state index contributed by atoms with van der Waals surface area (Å²) in [5.41, 5.74) is 2.46. The Bertz CT molecular complexity index is 967. The van der Waals surface area contributed by atoms with Gasteiger partial charge in [-0.3, -0.25) is 9.59 Å². The summed E-state index contributed by atoms with van der Waals surface area (Å²) in [7, 11) is 0. The van der Waals surface area contributed by atoms with Crippen LogP contribution in [0.25, 0.3) is 5.69 Å². The molecular weight excluding hydrogens is 352 g/mol. The molecular formula is C19H17ClN4O2. The van der Waals surface area contributed by atoms with Crippen molar-refractivity contribution in [2.45, 2.75) is 13.8 Å². The number of amides is 2.